The molecule has 1 aliphatic rings. The van der Waals surface area contributed by atoms with Crippen molar-refractivity contribution in [3.8, 4) is 0 Å². The minimum atomic E-state index is -0.258. The van der Waals surface area contributed by atoms with Gasteiger partial charge in [0.25, 0.3) is 11.8 Å². The van der Waals surface area contributed by atoms with E-state index >= 15 is 0 Å². The second-order valence-corrected chi connectivity index (χ2v) is 7.38. The second kappa shape index (κ2) is 7.94. The summed E-state index contributed by atoms with van der Waals surface area (Å²) in [5, 5.41) is 5.89. The molecule has 6 nitrogen and oxygen atoms in total. The van der Waals surface area contributed by atoms with Gasteiger partial charge in [0.05, 0.1) is 5.69 Å². The van der Waals surface area contributed by atoms with Crippen molar-refractivity contribution in [3.05, 3.63) is 46.5 Å². The number of imidazole rings is 1. The molecule has 1 atom stereocenters. The molecule has 0 saturated heterocycles. The molecule has 0 fully saturated rings. The van der Waals surface area contributed by atoms with Gasteiger partial charge in [0.15, 0.2) is 11.5 Å². The van der Waals surface area contributed by atoms with Crippen molar-refractivity contribution in [2.24, 2.45) is 0 Å². The number of hydrogen-bond acceptors (Lipinski definition) is 3. The summed E-state index contributed by atoms with van der Waals surface area (Å²) in [5.74, 6) is -0.125. The average Bonchev–Trinajstić information content (AvgIpc) is 3.04. The van der Waals surface area contributed by atoms with Gasteiger partial charge < -0.3 is 15.2 Å². The van der Waals surface area contributed by atoms with Crippen molar-refractivity contribution in [1.29, 1.82) is 0 Å². The van der Waals surface area contributed by atoms with Crippen LogP contribution in [0.2, 0.25) is 0 Å². The van der Waals surface area contributed by atoms with Crippen molar-refractivity contribution in [3.63, 3.8) is 0 Å². The van der Waals surface area contributed by atoms with Gasteiger partial charge in [-0.05, 0) is 69.7 Å². The van der Waals surface area contributed by atoms with E-state index in [1.54, 1.807) is 0 Å². The molecule has 2 N–H and O–H groups in total. The van der Waals surface area contributed by atoms with Gasteiger partial charge in [-0.25, -0.2) is 4.98 Å². The van der Waals surface area contributed by atoms with Gasteiger partial charge in [0.1, 0.15) is 0 Å². The van der Waals surface area contributed by atoms with Crippen LogP contribution in [0.15, 0.2) is 18.2 Å². The molecule has 0 radical (unpaired) electrons. The summed E-state index contributed by atoms with van der Waals surface area (Å²) in [6, 6.07) is 5.89. The smallest absolute Gasteiger partial charge is 0.287 e. The number of carbonyl (C=O) groups excluding carboxylic acids is 2. The van der Waals surface area contributed by atoms with Crippen LogP contribution in [0.1, 0.15) is 71.0 Å². The quantitative estimate of drug-likeness (QED) is 0.846. The van der Waals surface area contributed by atoms with Crippen LogP contribution in [0.3, 0.4) is 0 Å². The monoisotopic (exact) mass is 368 g/mol. The van der Waals surface area contributed by atoms with E-state index in [0.29, 0.717) is 11.5 Å². The SMILES string of the molecule is CCC(C)NC(=O)c1nc(C(=O)Nc2ccc(C)c(C)c2)c2n1CCCC2. The van der Waals surface area contributed by atoms with Crippen molar-refractivity contribution >= 4 is 17.5 Å². The Morgan fingerprint density at radius 1 is 1.19 bits per heavy atom. The van der Waals surface area contributed by atoms with E-state index in [-0.39, 0.29) is 17.9 Å². The maximum absolute atomic E-state index is 12.9. The average molecular weight is 368 g/mol. The molecule has 1 unspecified atom stereocenters. The Bertz CT molecular complexity index is 869. The van der Waals surface area contributed by atoms with Crippen LogP contribution in [0, 0.1) is 13.8 Å². The fraction of sp³-hybridized carbons (Fsp3) is 0.476. The zero-order valence-corrected chi connectivity index (χ0v) is 16.6. The van der Waals surface area contributed by atoms with Crippen LogP contribution < -0.4 is 10.6 Å². The highest BCUT2D eigenvalue weighted by Gasteiger charge is 2.27. The Balaban J connectivity index is 1.89. The molecule has 0 saturated carbocycles. The van der Waals surface area contributed by atoms with Gasteiger partial charge >= 0.3 is 0 Å². The predicted octanol–water partition coefficient (Wildman–Crippen LogP) is 3.62. The summed E-state index contributed by atoms with van der Waals surface area (Å²) >= 11 is 0. The van der Waals surface area contributed by atoms with E-state index in [4.69, 9.17) is 0 Å². The molecule has 0 aliphatic carbocycles. The minimum absolute atomic E-state index is 0.0712. The summed E-state index contributed by atoms with van der Waals surface area (Å²) in [5.41, 5.74) is 4.26. The first-order valence-corrected chi connectivity index (χ1v) is 9.69. The predicted molar refractivity (Wildman–Crippen MR) is 106 cm³/mol. The van der Waals surface area contributed by atoms with Gasteiger partial charge in [0.2, 0.25) is 0 Å². The van der Waals surface area contributed by atoms with E-state index in [1.807, 2.05) is 50.5 Å². The molecule has 1 aromatic carbocycles. The molecule has 2 heterocycles. The molecule has 0 bridgehead atoms. The van der Waals surface area contributed by atoms with Crippen LogP contribution in [0.5, 0.6) is 0 Å². The number of aromatic nitrogens is 2. The van der Waals surface area contributed by atoms with E-state index < -0.39 is 0 Å². The molecular formula is C21H28N4O2. The highest BCUT2D eigenvalue weighted by atomic mass is 16.2. The maximum atomic E-state index is 12.9. The minimum Gasteiger partial charge on any atom is -0.347 e. The van der Waals surface area contributed by atoms with Crippen molar-refractivity contribution in [1.82, 2.24) is 14.9 Å². The van der Waals surface area contributed by atoms with Crippen molar-refractivity contribution in [2.45, 2.75) is 66.0 Å². The maximum Gasteiger partial charge on any atom is 0.287 e. The first-order valence-electron chi connectivity index (χ1n) is 9.69. The third-order valence-corrected chi connectivity index (χ3v) is 5.29. The number of nitrogens with one attached hydrogen (secondary N) is 2. The lowest BCUT2D eigenvalue weighted by molar-refractivity contribution is 0.0923. The number of amides is 2. The van der Waals surface area contributed by atoms with Crippen LogP contribution in [0.25, 0.3) is 0 Å². The molecular weight excluding hydrogens is 340 g/mol. The Hall–Kier alpha value is -2.63. The summed E-state index contributed by atoms with van der Waals surface area (Å²) in [6.07, 6.45) is 3.60. The second-order valence-electron chi connectivity index (χ2n) is 7.38. The van der Waals surface area contributed by atoms with Gasteiger partial charge in [0, 0.05) is 18.3 Å². The topological polar surface area (TPSA) is 76.0 Å². The van der Waals surface area contributed by atoms with Gasteiger partial charge in [-0.1, -0.05) is 13.0 Å². The number of rotatable bonds is 5. The number of nitrogens with zero attached hydrogens (tertiary/aromatic N) is 2. The summed E-state index contributed by atoms with van der Waals surface area (Å²) in [4.78, 5) is 30.0. The Morgan fingerprint density at radius 3 is 2.67 bits per heavy atom. The number of aryl methyl sites for hydroxylation is 2. The molecule has 3 rings (SSSR count). The molecule has 1 aliphatic heterocycles. The summed E-state index contributed by atoms with van der Waals surface area (Å²) in [6.45, 7) is 8.76. The van der Waals surface area contributed by atoms with E-state index in [1.165, 1.54) is 5.56 Å². The molecule has 144 valence electrons. The summed E-state index contributed by atoms with van der Waals surface area (Å²) in [7, 11) is 0. The van der Waals surface area contributed by atoms with Gasteiger partial charge in [-0.2, -0.15) is 0 Å². The van der Waals surface area contributed by atoms with Crippen LogP contribution in [-0.4, -0.2) is 27.4 Å². The fourth-order valence-electron chi connectivity index (χ4n) is 3.30. The molecule has 2 aromatic rings. The van der Waals surface area contributed by atoms with Gasteiger partial charge in [-0.3, -0.25) is 9.59 Å². The fourth-order valence-corrected chi connectivity index (χ4v) is 3.30. The van der Waals surface area contributed by atoms with Gasteiger partial charge in [-0.15, -0.1) is 0 Å². The normalized spacial score (nSPS) is 14.4. The first kappa shape index (κ1) is 19.1. The van der Waals surface area contributed by atoms with E-state index in [2.05, 4.69) is 15.6 Å². The lowest BCUT2D eigenvalue weighted by atomic mass is 10.1. The van der Waals surface area contributed by atoms with Crippen LogP contribution in [-0.2, 0) is 13.0 Å². The molecule has 27 heavy (non-hydrogen) atoms. The number of anilines is 1. The van der Waals surface area contributed by atoms with Crippen molar-refractivity contribution in [2.75, 3.05) is 5.32 Å². The lowest BCUT2D eigenvalue weighted by Crippen LogP contribution is -2.34. The van der Waals surface area contributed by atoms with E-state index in [0.717, 1.165) is 49.2 Å². The lowest BCUT2D eigenvalue weighted by Gasteiger charge is -2.18. The third-order valence-electron chi connectivity index (χ3n) is 5.29. The zero-order valence-electron chi connectivity index (χ0n) is 16.6. The molecule has 6 heteroatoms. The number of benzene rings is 1. The summed E-state index contributed by atoms with van der Waals surface area (Å²) < 4.78 is 1.91. The number of fused-ring (bicyclic) bond motifs is 1. The first-order chi connectivity index (χ1) is 12.9. The Morgan fingerprint density at radius 2 is 1.96 bits per heavy atom. The highest BCUT2D eigenvalue weighted by Crippen LogP contribution is 2.23. The molecule has 1 aromatic heterocycles. The molecule has 2 amide bonds. The Labute approximate surface area is 160 Å². The van der Waals surface area contributed by atoms with E-state index in [9.17, 15) is 9.59 Å². The molecule has 0 spiro atoms. The van der Waals surface area contributed by atoms with Crippen LogP contribution in [0.4, 0.5) is 5.69 Å². The number of carbonyl (C=O) groups is 2. The van der Waals surface area contributed by atoms with Crippen molar-refractivity contribution < 1.29 is 9.59 Å². The third kappa shape index (κ3) is 4.04. The zero-order chi connectivity index (χ0) is 19.6. The largest absolute Gasteiger partial charge is 0.347 e. The van der Waals surface area contributed by atoms with Crippen LogP contribution >= 0.6 is 0 Å². The number of hydrogen-bond donors (Lipinski definition) is 2. The highest BCUT2D eigenvalue weighted by molar-refractivity contribution is 6.05. The Kier molecular flexibility index (Phi) is 5.63. The standard InChI is InChI=1S/C21H28N4O2/c1-5-15(4)22-21(27)19-24-18(17-8-6-7-11-25(17)19)20(26)23-16-10-9-13(2)14(3)12-16/h9-10,12,15H,5-8,11H2,1-4H3,(H,22,27)(H,23,26).